The molecule has 158 valence electrons. The molecule has 2 heteroatoms. The van der Waals surface area contributed by atoms with Crippen LogP contribution in [-0.4, -0.2) is 11.1 Å². The van der Waals surface area contributed by atoms with Crippen LogP contribution in [0.15, 0.2) is 72.8 Å². The molecular weight excluding hydrogens is 380 g/mol. The highest BCUT2D eigenvalue weighted by Gasteiger charge is 2.37. The molecule has 0 spiro atoms. The fourth-order valence-corrected chi connectivity index (χ4v) is 4.60. The first-order valence-electron chi connectivity index (χ1n) is 10.9. The normalized spacial score (nSPS) is 17.1. The summed E-state index contributed by atoms with van der Waals surface area (Å²) in [4.78, 5) is 11.2. The molecule has 0 bridgehead atoms. The number of carbonyl (C=O) groups is 1. The molecule has 0 saturated carbocycles. The molecule has 0 aromatic heterocycles. The molecule has 0 aliphatic heterocycles. The Morgan fingerprint density at radius 3 is 1.94 bits per heavy atom. The predicted octanol–water partition coefficient (Wildman–Crippen LogP) is 7.32. The van der Waals surface area contributed by atoms with Crippen molar-refractivity contribution in [2.45, 2.75) is 51.4 Å². The lowest BCUT2D eigenvalue weighted by molar-refractivity contribution is 0.0697. The zero-order chi connectivity index (χ0) is 22.2. The zero-order valence-corrected chi connectivity index (χ0v) is 18.8. The lowest BCUT2D eigenvalue weighted by Gasteiger charge is -2.42. The maximum atomic E-state index is 11.2. The van der Waals surface area contributed by atoms with Crippen LogP contribution in [0.25, 0.3) is 11.6 Å². The van der Waals surface area contributed by atoms with E-state index in [1.165, 1.54) is 29.5 Å². The van der Waals surface area contributed by atoms with Crippen molar-refractivity contribution in [3.8, 4) is 0 Å². The molecule has 1 aliphatic rings. The number of carboxylic acid groups (broad SMARTS) is 1. The van der Waals surface area contributed by atoms with Crippen molar-refractivity contribution in [2.24, 2.45) is 0 Å². The van der Waals surface area contributed by atoms with Crippen LogP contribution in [-0.2, 0) is 10.8 Å². The number of carboxylic acids is 1. The molecule has 0 radical (unpaired) electrons. The SMILES string of the molecule is CC1(C)CCC(C)(C)c2cc(/C(=C/c3ccc(C(=O)O)cc3)c3ccccc3)ccc21. The number of fused-ring (bicyclic) bond motifs is 1. The van der Waals surface area contributed by atoms with Gasteiger partial charge in [-0.05, 0) is 75.3 Å². The van der Waals surface area contributed by atoms with Crippen molar-refractivity contribution in [1.29, 1.82) is 0 Å². The second-order valence-corrected chi connectivity index (χ2v) is 9.88. The van der Waals surface area contributed by atoms with Gasteiger partial charge in [-0.3, -0.25) is 0 Å². The molecule has 1 aliphatic carbocycles. The monoisotopic (exact) mass is 410 g/mol. The Morgan fingerprint density at radius 1 is 0.742 bits per heavy atom. The second kappa shape index (κ2) is 7.85. The van der Waals surface area contributed by atoms with Gasteiger partial charge >= 0.3 is 5.97 Å². The quantitative estimate of drug-likeness (QED) is 0.457. The molecule has 3 aromatic rings. The number of hydrogen-bond acceptors (Lipinski definition) is 1. The Morgan fingerprint density at radius 2 is 1.32 bits per heavy atom. The van der Waals surface area contributed by atoms with Crippen molar-refractivity contribution in [3.63, 3.8) is 0 Å². The number of rotatable bonds is 4. The molecule has 0 fully saturated rings. The van der Waals surface area contributed by atoms with Crippen LogP contribution in [0.5, 0.6) is 0 Å². The van der Waals surface area contributed by atoms with E-state index >= 15 is 0 Å². The smallest absolute Gasteiger partial charge is 0.335 e. The van der Waals surface area contributed by atoms with E-state index in [-0.39, 0.29) is 10.8 Å². The van der Waals surface area contributed by atoms with Crippen LogP contribution in [0.4, 0.5) is 0 Å². The van der Waals surface area contributed by atoms with E-state index in [4.69, 9.17) is 0 Å². The molecule has 3 aromatic carbocycles. The molecule has 0 saturated heterocycles. The molecule has 4 rings (SSSR count). The van der Waals surface area contributed by atoms with Crippen molar-refractivity contribution >= 4 is 17.6 Å². The minimum absolute atomic E-state index is 0.145. The molecule has 0 heterocycles. The summed E-state index contributed by atoms with van der Waals surface area (Å²) in [6, 6.07) is 24.4. The predicted molar refractivity (Wildman–Crippen MR) is 129 cm³/mol. The molecule has 2 nitrogen and oxygen atoms in total. The van der Waals surface area contributed by atoms with E-state index in [0.29, 0.717) is 5.56 Å². The zero-order valence-electron chi connectivity index (χ0n) is 18.8. The van der Waals surface area contributed by atoms with Gasteiger partial charge in [0.2, 0.25) is 0 Å². The van der Waals surface area contributed by atoms with Gasteiger partial charge in [-0.1, -0.05) is 88.4 Å². The van der Waals surface area contributed by atoms with Crippen LogP contribution in [0.1, 0.15) is 78.7 Å². The number of aromatic carboxylic acids is 1. The summed E-state index contributed by atoms with van der Waals surface area (Å²) in [5.74, 6) is -0.904. The Labute approximate surface area is 185 Å². The van der Waals surface area contributed by atoms with E-state index in [2.05, 4.69) is 76.2 Å². The summed E-state index contributed by atoms with van der Waals surface area (Å²) in [5, 5.41) is 9.20. The van der Waals surface area contributed by atoms with Gasteiger partial charge in [0.25, 0.3) is 0 Å². The van der Waals surface area contributed by atoms with Gasteiger partial charge in [-0.2, -0.15) is 0 Å². The first-order chi connectivity index (χ1) is 14.7. The molecular formula is C29H30O2. The minimum atomic E-state index is -0.904. The molecule has 0 atom stereocenters. The fourth-order valence-electron chi connectivity index (χ4n) is 4.60. The van der Waals surface area contributed by atoms with E-state index in [0.717, 1.165) is 16.7 Å². The van der Waals surface area contributed by atoms with Gasteiger partial charge in [-0.25, -0.2) is 4.79 Å². The Kier molecular flexibility index (Phi) is 5.35. The van der Waals surface area contributed by atoms with Crippen molar-refractivity contribution in [3.05, 3.63) is 106 Å². The summed E-state index contributed by atoms with van der Waals surface area (Å²) in [6.45, 7) is 9.39. The van der Waals surface area contributed by atoms with E-state index in [1.807, 2.05) is 18.2 Å². The Hall–Kier alpha value is -3.13. The third-order valence-electron chi connectivity index (χ3n) is 6.72. The van der Waals surface area contributed by atoms with E-state index in [9.17, 15) is 9.90 Å². The fraction of sp³-hybridized carbons (Fsp3) is 0.276. The van der Waals surface area contributed by atoms with Crippen LogP contribution in [0.3, 0.4) is 0 Å². The average Bonchev–Trinajstić information content (AvgIpc) is 2.76. The van der Waals surface area contributed by atoms with Gasteiger partial charge < -0.3 is 5.11 Å². The molecule has 0 amide bonds. The van der Waals surface area contributed by atoms with Crippen LogP contribution in [0, 0.1) is 0 Å². The van der Waals surface area contributed by atoms with Crippen molar-refractivity contribution in [1.82, 2.24) is 0 Å². The number of hydrogen-bond donors (Lipinski definition) is 1. The molecule has 31 heavy (non-hydrogen) atoms. The highest BCUT2D eigenvalue weighted by molar-refractivity contribution is 5.93. The third-order valence-corrected chi connectivity index (χ3v) is 6.72. The van der Waals surface area contributed by atoms with Crippen LogP contribution >= 0.6 is 0 Å². The largest absolute Gasteiger partial charge is 0.478 e. The maximum absolute atomic E-state index is 11.2. The summed E-state index contributed by atoms with van der Waals surface area (Å²) in [6.07, 6.45) is 4.53. The third kappa shape index (κ3) is 4.20. The Bertz CT molecular complexity index is 1130. The summed E-state index contributed by atoms with van der Waals surface area (Å²) >= 11 is 0. The lowest BCUT2D eigenvalue weighted by Crippen LogP contribution is -2.33. The average molecular weight is 411 g/mol. The molecule has 0 unspecified atom stereocenters. The number of benzene rings is 3. The highest BCUT2D eigenvalue weighted by Crippen LogP contribution is 2.46. The highest BCUT2D eigenvalue weighted by atomic mass is 16.4. The van der Waals surface area contributed by atoms with Crippen molar-refractivity contribution < 1.29 is 9.90 Å². The van der Waals surface area contributed by atoms with Gasteiger partial charge in [0.05, 0.1) is 5.56 Å². The minimum Gasteiger partial charge on any atom is -0.478 e. The lowest BCUT2D eigenvalue weighted by atomic mass is 9.63. The second-order valence-electron chi connectivity index (χ2n) is 9.88. The van der Waals surface area contributed by atoms with Gasteiger partial charge in [0.1, 0.15) is 0 Å². The van der Waals surface area contributed by atoms with Gasteiger partial charge in [0.15, 0.2) is 0 Å². The van der Waals surface area contributed by atoms with Crippen LogP contribution < -0.4 is 0 Å². The maximum Gasteiger partial charge on any atom is 0.335 e. The van der Waals surface area contributed by atoms with Gasteiger partial charge in [-0.15, -0.1) is 0 Å². The summed E-state index contributed by atoms with van der Waals surface area (Å²) in [5.41, 5.74) is 7.99. The van der Waals surface area contributed by atoms with Crippen molar-refractivity contribution in [2.75, 3.05) is 0 Å². The van der Waals surface area contributed by atoms with Gasteiger partial charge in [0, 0.05) is 0 Å². The summed E-state index contributed by atoms with van der Waals surface area (Å²) in [7, 11) is 0. The standard InChI is InChI=1S/C29H30O2/c1-28(2)16-17-29(3,4)26-19-23(14-15-25(26)28)24(21-8-6-5-7-9-21)18-20-10-12-22(13-11-20)27(30)31/h5-15,18-19H,16-17H2,1-4H3,(H,30,31)/b24-18+. The summed E-state index contributed by atoms with van der Waals surface area (Å²) < 4.78 is 0. The molecule has 1 N–H and O–H groups in total. The van der Waals surface area contributed by atoms with Crippen LogP contribution in [0.2, 0.25) is 0 Å². The Balaban J connectivity index is 1.87. The van der Waals surface area contributed by atoms with E-state index in [1.54, 1.807) is 12.1 Å². The topological polar surface area (TPSA) is 37.3 Å². The first kappa shape index (κ1) is 21.1. The van der Waals surface area contributed by atoms with E-state index < -0.39 is 5.97 Å². The first-order valence-corrected chi connectivity index (χ1v) is 10.9.